The van der Waals surface area contributed by atoms with Crippen molar-refractivity contribution in [2.75, 3.05) is 27.2 Å². The number of fused-ring (bicyclic) bond motifs is 1. The highest BCUT2D eigenvalue weighted by Crippen LogP contribution is 2.28. The molecule has 0 saturated carbocycles. The van der Waals surface area contributed by atoms with Crippen LogP contribution in [0.3, 0.4) is 0 Å². The number of nitrogens with one attached hydrogen (secondary N) is 1. The van der Waals surface area contributed by atoms with Crippen molar-refractivity contribution in [3.63, 3.8) is 0 Å². The van der Waals surface area contributed by atoms with E-state index in [0.717, 1.165) is 0 Å². The van der Waals surface area contributed by atoms with Crippen molar-refractivity contribution in [1.29, 1.82) is 0 Å². The van der Waals surface area contributed by atoms with E-state index in [0.29, 0.717) is 23.3 Å². The first kappa shape index (κ1) is 20.8. The van der Waals surface area contributed by atoms with E-state index in [1.54, 1.807) is 48.8 Å². The van der Waals surface area contributed by atoms with Crippen molar-refractivity contribution in [3.05, 3.63) is 22.7 Å². The molecule has 29 heavy (non-hydrogen) atoms. The van der Waals surface area contributed by atoms with Gasteiger partial charge in [0.05, 0.1) is 30.5 Å². The van der Waals surface area contributed by atoms with Gasteiger partial charge in [0.25, 0.3) is 0 Å². The summed E-state index contributed by atoms with van der Waals surface area (Å²) in [5.74, 6) is 0.396. The SMILES string of the molecule is CN(C)C=Nc1nccc2c1[nH]c(=O)n2[C@@H]1C[C@H](O)CN(C(=O)OC(C)(C)C)C1. The molecule has 158 valence electrons. The third-order valence-electron chi connectivity index (χ3n) is 4.45. The number of hydrogen-bond acceptors (Lipinski definition) is 6. The molecule has 10 nitrogen and oxygen atoms in total. The Hall–Kier alpha value is -2.88. The van der Waals surface area contributed by atoms with Gasteiger partial charge in [-0.25, -0.2) is 19.6 Å². The summed E-state index contributed by atoms with van der Waals surface area (Å²) in [5, 5.41) is 10.3. The number of amides is 1. The zero-order valence-corrected chi connectivity index (χ0v) is 17.4. The predicted molar refractivity (Wildman–Crippen MR) is 110 cm³/mol. The highest BCUT2D eigenvalue weighted by atomic mass is 16.6. The molecule has 0 radical (unpaired) electrons. The number of rotatable bonds is 3. The Morgan fingerprint density at radius 3 is 2.79 bits per heavy atom. The van der Waals surface area contributed by atoms with Gasteiger partial charge in [-0.2, -0.15) is 0 Å². The number of carbonyl (C=O) groups excluding carboxylic acids is 1. The first-order chi connectivity index (χ1) is 13.5. The fraction of sp³-hybridized carbons (Fsp3) is 0.579. The maximum Gasteiger partial charge on any atom is 0.410 e. The van der Waals surface area contributed by atoms with E-state index in [-0.39, 0.29) is 18.8 Å². The second-order valence-corrected chi connectivity index (χ2v) is 8.47. The topological polar surface area (TPSA) is 116 Å². The number of aromatic nitrogens is 3. The number of β-amino-alcohol motifs (C(OH)–C–C–N with tert-alkyl or cyclic N) is 1. The fourth-order valence-corrected chi connectivity index (χ4v) is 3.38. The van der Waals surface area contributed by atoms with E-state index in [2.05, 4.69) is 15.0 Å². The van der Waals surface area contributed by atoms with Gasteiger partial charge in [0.1, 0.15) is 11.1 Å². The maximum atomic E-state index is 12.7. The largest absolute Gasteiger partial charge is 0.444 e. The van der Waals surface area contributed by atoms with Crippen LogP contribution in [0.15, 0.2) is 22.1 Å². The number of carbonyl (C=O) groups is 1. The lowest BCUT2D eigenvalue weighted by molar-refractivity contribution is -0.00564. The molecule has 2 aromatic heterocycles. The zero-order valence-electron chi connectivity index (χ0n) is 17.4. The summed E-state index contributed by atoms with van der Waals surface area (Å²) in [6.07, 6.45) is 2.27. The number of hydrogen-bond donors (Lipinski definition) is 2. The van der Waals surface area contributed by atoms with Gasteiger partial charge in [-0.1, -0.05) is 0 Å². The van der Waals surface area contributed by atoms with Gasteiger partial charge in [0, 0.05) is 26.8 Å². The maximum absolute atomic E-state index is 12.7. The summed E-state index contributed by atoms with van der Waals surface area (Å²) < 4.78 is 6.99. The molecule has 3 heterocycles. The standard InChI is InChI=1S/C19H28N6O4/c1-19(2,3)29-18(28)24-9-12(8-13(26)10-24)25-14-6-7-20-16(21-11-23(4)5)15(14)22-17(25)27/h6-7,11-13,26H,8-10H2,1-5H3,(H,22,27)/t12-,13+/m1/s1. The number of likely N-dealkylation sites (tertiary alicyclic amines) is 1. The Morgan fingerprint density at radius 1 is 1.41 bits per heavy atom. The van der Waals surface area contributed by atoms with E-state index >= 15 is 0 Å². The average Bonchev–Trinajstić information content (AvgIpc) is 2.94. The minimum absolute atomic E-state index is 0.169. The first-order valence-electron chi connectivity index (χ1n) is 9.51. The van der Waals surface area contributed by atoms with Crippen molar-refractivity contribution in [3.8, 4) is 0 Å². The van der Waals surface area contributed by atoms with Gasteiger partial charge in [0.2, 0.25) is 0 Å². The second-order valence-electron chi connectivity index (χ2n) is 8.47. The van der Waals surface area contributed by atoms with Crippen LogP contribution in [0.25, 0.3) is 11.0 Å². The molecule has 1 saturated heterocycles. The molecule has 1 fully saturated rings. The summed E-state index contributed by atoms with van der Waals surface area (Å²) in [6, 6.07) is 1.32. The van der Waals surface area contributed by atoms with Gasteiger partial charge in [-0.3, -0.25) is 4.57 Å². The number of aromatic amines is 1. The summed E-state index contributed by atoms with van der Waals surface area (Å²) >= 11 is 0. The quantitative estimate of drug-likeness (QED) is 0.591. The van der Waals surface area contributed by atoms with Crippen LogP contribution in [0.4, 0.5) is 10.6 Å². The molecule has 0 aliphatic carbocycles. The third kappa shape index (κ3) is 4.76. The van der Waals surface area contributed by atoms with Crippen molar-refractivity contribution in [2.24, 2.45) is 4.99 Å². The molecule has 2 N–H and O–H groups in total. The molecule has 0 bridgehead atoms. The van der Waals surface area contributed by atoms with Gasteiger partial charge < -0.3 is 24.6 Å². The Bertz CT molecular complexity index is 971. The molecular weight excluding hydrogens is 376 g/mol. The number of pyridine rings is 1. The summed E-state index contributed by atoms with van der Waals surface area (Å²) in [6.45, 7) is 5.79. The van der Waals surface area contributed by atoms with Crippen LogP contribution in [0.5, 0.6) is 0 Å². The lowest BCUT2D eigenvalue weighted by atomic mass is 10.0. The van der Waals surface area contributed by atoms with E-state index in [1.807, 2.05) is 14.1 Å². The monoisotopic (exact) mass is 404 g/mol. The third-order valence-corrected chi connectivity index (χ3v) is 4.45. The van der Waals surface area contributed by atoms with Crippen molar-refractivity contribution >= 4 is 29.3 Å². The van der Waals surface area contributed by atoms with Gasteiger partial charge in [-0.05, 0) is 33.3 Å². The molecular formula is C19H28N6O4. The van der Waals surface area contributed by atoms with Crippen LogP contribution in [0, 0.1) is 0 Å². The summed E-state index contributed by atoms with van der Waals surface area (Å²) in [5.41, 5.74) is 0.161. The Kier molecular flexibility index (Phi) is 5.65. The first-order valence-corrected chi connectivity index (χ1v) is 9.51. The lowest BCUT2D eigenvalue weighted by Gasteiger charge is -2.36. The highest BCUT2D eigenvalue weighted by Gasteiger charge is 2.34. The van der Waals surface area contributed by atoms with Crippen molar-refractivity contribution in [2.45, 2.75) is 44.9 Å². The average molecular weight is 404 g/mol. The molecule has 1 aliphatic rings. The highest BCUT2D eigenvalue weighted by molar-refractivity contribution is 5.86. The number of nitrogens with zero attached hydrogens (tertiary/aromatic N) is 5. The molecule has 10 heteroatoms. The smallest absolute Gasteiger partial charge is 0.410 e. The molecule has 0 unspecified atom stereocenters. The van der Waals surface area contributed by atoms with Crippen molar-refractivity contribution in [1.82, 2.24) is 24.3 Å². The van der Waals surface area contributed by atoms with Gasteiger partial charge in [-0.15, -0.1) is 0 Å². The predicted octanol–water partition coefficient (Wildman–Crippen LogP) is 1.49. The number of ether oxygens (including phenoxy) is 1. The van der Waals surface area contributed by atoms with Crippen LogP contribution < -0.4 is 5.69 Å². The second kappa shape index (κ2) is 7.86. The van der Waals surface area contributed by atoms with Crippen molar-refractivity contribution < 1.29 is 14.6 Å². The summed E-state index contributed by atoms with van der Waals surface area (Å²) in [7, 11) is 3.68. The fourth-order valence-electron chi connectivity index (χ4n) is 3.38. The zero-order chi connectivity index (χ0) is 21.3. The number of aliphatic hydroxyl groups excluding tert-OH is 1. The number of aliphatic hydroxyl groups is 1. The van der Waals surface area contributed by atoms with Gasteiger partial charge >= 0.3 is 11.8 Å². The lowest BCUT2D eigenvalue weighted by Crippen LogP contribution is -2.49. The molecule has 2 aromatic rings. The molecule has 1 aliphatic heterocycles. The Labute approximate surface area is 168 Å². The van der Waals surface area contributed by atoms with Crippen LogP contribution in [-0.4, -0.2) is 80.8 Å². The summed E-state index contributed by atoms with van der Waals surface area (Å²) in [4.78, 5) is 39.8. The molecule has 2 atom stereocenters. The minimum atomic E-state index is -0.758. The van der Waals surface area contributed by atoms with Crippen LogP contribution >= 0.6 is 0 Å². The molecule has 0 aromatic carbocycles. The number of imidazole rings is 1. The van der Waals surface area contributed by atoms with E-state index in [4.69, 9.17) is 4.74 Å². The van der Waals surface area contributed by atoms with E-state index in [1.165, 1.54) is 4.90 Å². The van der Waals surface area contributed by atoms with E-state index in [9.17, 15) is 14.7 Å². The molecule has 1 amide bonds. The van der Waals surface area contributed by atoms with Crippen LogP contribution in [0.1, 0.15) is 33.2 Å². The molecule has 0 spiro atoms. The Balaban J connectivity index is 1.95. The number of aliphatic imine (C=N–C) groups is 1. The minimum Gasteiger partial charge on any atom is -0.444 e. The van der Waals surface area contributed by atoms with E-state index < -0.39 is 23.8 Å². The van der Waals surface area contributed by atoms with Crippen LogP contribution in [0.2, 0.25) is 0 Å². The molecule has 3 rings (SSSR count). The number of piperidine rings is 1. The van der Waals surface area contributed by atoms with Gasteiger partial charge in [0.15, 0.2) is 5.82 Å². The Morgan fingerprint density at radius 2 is 2.14 bits per heavy atom. The number of H-pyrrole nitrogens is 1. The van der Waals surface area contributed by atoms with Crippen LogP contribution in [-0.2, 0) is 4.74 Å². The normalized spacial score (nSPS) is 20.4.